The SMILES string of the molecule is O=C(Nc1ccccc1F)[C@H]1CCCN(S(=O)(=O)c2cccs2)C1. The lowest BCUT2D eigenvalue weighted by atomic mass is 9.98. The second kappa shape index (κ2) is 7.00. The Balaban J connectivity index is 1.72. The van der Waals surface area contributed by atoms with Gasteiger partial charge < -0.3 is 5.32 Å². The molecule has 0 aliphatic carbocycles. The number of nitrogens with one attached hydrogen (secondary N) is 1. The van der Waals surface area contributed by atoms with Gasteiger partial charge in [-0.2, -0.15) is 4.31 Å². The smallest absolute Gasteiger partial charge is 0.252 e. The maximum Gasteiger partial charge on any atom is 0.252 e. The Kier molecular flexibility index (Phi) is 4.98. The summed E-state index contributed by atoms with van der Waals surface area (Å²) in [5.41, 5.74) is 0.112. The van der Waals surface area contributed by atoms with Crippen LogP contribution in [0.15, 0.2) is 46.0 Å². The summed E-state index contributed by atoms with van der Waals surface area (Å²) >= 11 is 1.16. The normalized spacial score (nSPS) is 19.1. The van der Waals surface area contributed by atoms with Gasteiger partial charge in [0.2, 0.25) is 5.91 Å². The molecule has 0 spiro atoms. The molecule has 1 fully saturated rings. The lowest BCUT2D eigenvalue weighted by molar-refractivity contribution is -0.120. The highest BCUT2D eigenvalue weighted by Crippen LogP contribution is 2.27. The zero-order valence-electron chi connectivity index (χ0n) is 12.8. The van der Waals surface area contributed by atoms with Gasteiger partial charge in [-0.25, -0.2) is 12.8 Å². The van der Waals surface area contributed by atoms with Gasteiger partial charge in [0.15, 0.2) is 0 Å². The van der Waals surface area contributed by atoms with Crippen LogP contribution in [0.1, 0.15) is 12.8 Å². The van der Waals surface area contributed by atoms with E-state index in [-0.39, 0.29) is 22.3 Å². The largest absolute Gasteiger partial charge is 0.323 e. The number of carbonyl (C=O) groups excluding carboxylic acids is 1. The molecule has 1 N–H and O–H groups in total. The molecule has 0 radical (unpaired) electrons. The third-order valence-electron chi connectivity index (χ3n) is 3.98. The molecule has 1 saturated heterocycles. The van der Waals surface area contributed by atoms with Gasteiger partial charge in [-0.1, -0.05) is 18.2 Å². The van der Waals surface area contributed by atoms with Crippen molar-refractivity contribution in [1.82, 2.24) is 4.31 Å². The molecule has 1 aromatic heterocycles. The highest BCUT2D eigenvalue weighted by Gasteiger charge is 2.33. The molecule has 0 unspecified atom stereocenters. The van der Waals surface area contributed by atoms with Crippen molar-refractivity contribution in [2.75, 3.05) is 18.4 Å². The Morgan fingerprint density at radius 1 is 1.25 bits per heavy atom. The van der Waals surface area contributed by atoms with Gasteiger partial charge in [0, 0.05) is 13.1 Å². The van der Waals surface area contributed by atoms with Crippen molar-refractivity contribution in [3.05, 3.63) is 47.6 Å². The number of amides is 1. The molecule has 1 amide bonds. The third kappa shape index (κ3) is 3.50. The number of anilines is 1. The van der Waals surface area contributed by atoms with Crippen LogP contribution < -0.4 is 5.32 Å². The van der Waals surface area contributed by atoms with Crippen molar-refractivity contribution in [3.8, 4) is 0 Å². The summed E-state index contributed by atoms with van der Waals surface area (Å²) in [4.78, 5) is 12.4. The third-order valence-corrected chi connectivity index (χ3v) is 7.21. The summed E-state index contributed by atoms with van der Waals surface area (Å²) in [6.07, 6.45) is 1.18. The van der Waals surface area contributed by atoms with Crippen LogP contribution in [-0.4, -0.2) is 31.7 Å². The molecule has 5 nitrogen and oxygen atoms in total. The number of para-hydroxylation sites is 1. The van der Waals surface area contributed by atoms with Gasteiger partial charge in [0.25, 0.3) is 10.0 Å². The van der Waals surface area contributed by atoms with E-state index in [0.29, 0.717) is 19.4 Å². The average Bonchev–Trinajstić information content (AvgIpc) is 3.12. The minimum atomic E-state index is -3.57. The van der Waals surface area contributed by atoms with Gasteiger partial charge >= 0.3 is 0 Å². The van der Waals surface area contributed by atoms with E-state index in [9.17, 15) is 17.6 Å². The monoisotopic (exact) mass is 368 g/mol. The Bertz CT molecular complexity index is 822. The predicted molar refractivity (Wildman–Crippen MR) is 90.8 cm³/mol. The second-order valence-electron chi connectivity index (χ2n) is 5.60. The van der Waals surface area contributed by atoms with Crippen LogP contribution in [0, 0.1) is 11.7 Å². The molecule has 1 aliphatic heterocycles. The molecule has 3 rings (SSSR count). The molecule has 1 aromatic carbocycles. The summed E-state index contributed by atoms with van der Waals surface area (Å²) in [7, 11) is -3.57. The van der Waals surface area contributed by atoms with Crippen molar-refractivity contribution in [2.45, 2.75) is 17.1 Å². The van der Waals surface area contributed by atoms with Gasteiger partial charge in [-0.15, -0.1) is 11.3 Å². The molecule has 2 aromatic rings. The van der Waals surface area contributed by atoms with Crippen LogP contribution in [-0.2, 0) is 14.8 Å². The number of hydrogen-bond donors (Lipinski definition) is 1. The minimum absolute atomic E-state index is 0.112. The number of nitrogens with zero attached hydrogens (tertiary/aromatic N) is 1. The molecular weight excluding hydrogens is 351 g/mol. The highest BCUT2D eigenvalue weighted by atomic mass is 32.2. The second-order valence-corrected chi connectivity index (χ2v) is 8.72. The van der Waals surface area contributed by atoms with Crippen molar-refractivity contribution < 1.29 is 17.6 Å². The van der Waals surface area contributed by atoms with Crippen LogP contribution in [0.3, 0.4) is 0 Å². The molecule has 1 aliphatic rings. The molecule has 2 heterocycles. The van der Waals surface area contributed by atoms with E-state index in [1.165, 1.54) is 16.4 Å². The maximum atomic E-state index is 13.6. The van der Waals surface area contributed by atoms with E-state index in [1.54, 1.807) is 29.6 Å². The molecular formula is C16H17FN2O3S2. The number of thiophene rings is 1. The summed E-state index contributed by atoms with van der Waals surface area (Å²) in [5.74, 6) is -1.36. The minimum Gasteiger partial charge on any atom is -0.323 e. The summed E-state index contributed by atoms with van der Waals surface area (Å²) in [5, 5.41) is 4.26. The van der Waals surface area contributed by atoms with Crippen molar-refractivity contribution in [3.63, 3.8) is 0 Å². The van der Waals surface area contributed by atoms with Gasteiger partial charge in [-0.3, -0.25) is 4.79 Å². The number of carbonyl (C=O) groups is 1. The van der Waals surface area contributed by atoms with Crippen LogP contribution in [0.25, 0.3) is 0 Å². The fraction of sp³-hybridized carbons (Fsp3) is 0.312. The Morgan fingerprint density at radius 3 is 2.75 bits per heavy atom. The summed E-state index contributed by atoms with van der Waals surface area (Å²) in [6.45, 7) is 0.504. The first-order valence-corrected chi connectivity index (χ1v) is 9.89. The molecule has 24 heavy (non-hydrogen) atoms. The fourth-order valence-electron chi connectivity index (χ4n) is 2.71. The first kappa shape index (κ1) is 17.1. The summed E-state index contributed by atoms with van der Waals surface area (Å²) < 4.78 is 40.4. The molecule has 0 bridgehead atoms. The molecule has 0 saturated carbocycles. The number of piperidine rings is 1. The van der Waals surface area contributed by atoms with Crippen LogP contribution >= 0.6 is 11.3 Å². The quantitative estimate of drug-likeness (QED) is 0.902. The van der Waals surface area contributed by atoms with Gasteiger partial charge in [-0.05, 0) is 36.4 Å². The number of benzene rings is 1. The number of halogens is 1. The number of sulfonamides is 1. The zero-order chi connectivity index (χ0) is 17.2. The predicted octanol–water partition coefficient (Wildman–Crippen LogP) is 2.93. The lowest BCUT2D eigenvalue weighted by Gasteiger charge is -2.30. The van der Waals surface area contributed by atoms with Crippen LogP contribution in [0.5, 0.6) is 0 Å². The van der Waals surface area contributed by atoms with Crippen LogP contribution in [0.4, 0.5) is 10.1 Å². The first-order chi connectivity index (χ1) is 11.5. The van der Waals surface area contributed by atoms with Crippen molar-refractivity contribution in [1.29, 1.82) is 0 Å². The maximum absolute atomic E-state index is 13.6. The Hall–Kier alpha value is -1.77. The zero-order valence-corrected chi connectivity index (χ0v) is 14.4. The van der Waals surface area contributed by atoms with Crippen molar-refractivity contribution >= 4 is 33.0 Å². The van der Waals surface area contributed by atoms with E-state index >= 15 is 0 Å². The molecule has 8 heteroatoms. The van der Waals surface area contributed by atoms with Crippen molar-refractivity contribution in [2.24, 2.45) is 5.92 Å². The van der Waals surface area contributed by atoms with E-state index in [0.717, 1.165) is 11.3 Å². The van der Waals surface area contributed by atoms with E-state index in [1.807, 2.05) is 0 Å². The van der Waals surface area contributed by atoms with E-state index in [2.05, 4.69) is 5.32 Å². The fourth-order valence-corrected chi connectivity index (χ4v) is 5.38. The summed E-state index contributed by atoms with van der Waals surface area (Å²) in [6, 6.07) is 9.17. The van der Waals surface area contributed by atoms with Gasteiger partial charge in [0.05, 0.1) is 11.6 Å². The average molecular weight is 368 g/mol. The topological polar surface area (TPSA) is 66.5 Å². The number of rotatable bonds is 4. The Labute approximate surface area is 144 Å². The van der Waals surface area contributed by atoms with E-state index < -0.39 is 21.8 Å². The standard InChI is InChI=1S/C16H17FN2O3S2/c17-13-6-1-2-7-14(13)18-16(20)12-5-3-9-19(11-12)24(21,22)15-8-4-10-23-15/h1-2,4,6-8,10,12H,3,5,9,11H2,(H,18,20)/t12-/m0/s1. The lowest BCUT2D eigenvalue weighted by Crippen LogP contribution is -2.43. The van der Waals surface area contributed by atoms with Crippen LogP contribution in [0.2, 0.25) is 0 Å². The Morgan fingerprint density at radius 2 is 2.04 bits per heavy atom. The first-order valence-electron chi connectivity index (χ1n) is 7.57. The van der Waals surface area contributed by atoms with E-state index in [4.69, 9.17) is 0 Å². The van der Waals surface area contributed by atoms with Gasteiger partial charge in [0.1, 0.15) is 10.0 Å². The molecule has 128 valence electrons. The highest BCUT2D eigenvalue weighted by molar-refractivity contribution is 7.91. The molecule has 1 atom stereocenters. The number of hydrogen-bond acceptors (Lipinski definition) is 4.